The molecule has 0 heterocycles. The molecule has 0 aliphatic heterocycles. The Hall–Kier alpha value is -1.47. The molecule has 1 saturated carbocycles. The van der Waals surface area contributed by atoms with Crippen LogP contribution in [0.2, 0.25) is 0 Å². The number of nitrogens with one attached hydrogen (secondary N) is 1. The molecule has 116 valence electrons. The van der Waals surface area contributed by atoms with Crippen LogP contribution in [0.5, 0.6) is 0 Å². The Labute approximate surface area is 123 Å². The lowest BCUT2D eigenvalue weighted by molar-refractivity contribution is -0.121. The molecule has 0 radical (unpaired) electrons. The molecule has 2 rings (SSSR count). The largest absolute Gasteiger partial charge is 0.327 e. The van der Waals surface area contributed by atoms with Crippen LogP contribution in [-0.2, 0) is 14.6 Å². The third-order valence-electron chi connectivity index (χ3n) is 3.78. The molecular formula is C14H19FN2O3S. The number of sulfone groups is 1. The lowest BCUT2D eigenvalue weighted by atomic mass is 9.84. The second-order valence-corrected chi connectivity index (χ2v) is 7.47. The van der Waals surface area contributed by atoms with E-state index in [2.05, 4.69) is 5.32 Å². The van der Waals surface area contributed by atoms with Crippen LogP contribution < -0.4 is 11.1 Å². The molecule has 0 saturated heterocycles. The number of hydrogen-bond donors (Lipinski definition) is 2. The zero-order valence-electron chi connectivity index (χ0n) is 11.8. The molecule has 1 aliphatic rings. The van der Waals surface area contributed by atoms with Gasteiger partial charge in [-0.05, 0) is 31.0 Å². The van der Waals surface area contributed by atoms with E-state index in [1.807, 2.05) is 0 Å². The van der Waals surface area contributed by atoms with Crippen molar-refractivity contribution < 1.29 is 17.6 Å². The number of anilines is 1. The Morgan fingerprint density at radius 1 is 1.33 bits per heavy atom. The molecule has 0 aromatic heterocycles. The summed E-state index contributed by atoms with van der Waals surface area (Å²) in [7, 11) is -3.46. The summed E-state index contributed by atoms with van der Waals surface area (Å²) < 4.78 is 36.7. The van der Waals surface area contributed by atoms with E-state index in [4.69, 9.17) is 5.73 Å². The first kappa shape index (κ1) is 15.9. The van der Waals surface area contributed by atoms with Crippen molar-refractivity contribution in [3.8, 4) is 0 Å². The Kier molecular flexibility index (Phi) is 4.63. The van der Waals surface area contributed by atoms with Gasteiger partial charge in [-0.2, -0.15) is 0 Å². The quantitative estimate of drug-likeness (QED) is 0.831. The van der Waals surface area contributed by atoms with E-state index < -0.39 is 15.7 Å². The average molecular weight is 314 g/mol. The van der Waals surface area contributed by atoms with Gasteiger partial charge in [-0.15, -0.1) is 0 Å². The zero-order valence-corrected chi connectivity index (χ0v) is 12.6. The van der Waals surface area contributed by atoms with Crippen LogP contribution in [-0.4, -0.2) is 26.6 Å². The fourth-order valence-electron chi connectivity index (χ4n) is 2.54. The normalized spacial score (nSPS) is 22.8. The van der Waals surface area contributed by atoms with Crippen molar-refractivity contribution in [2.45, 2.75) is 36.6 Å². The molecular weight excluding hydrogens is 295 g/mol. The van der Waals surface area contributed by atoms with Crippen LogP contribution in [0.1, 0.15) is 25.7 Å². The summed E-state index contributed by atoms with van der Waals surface area (Å²) in [5.41, 5.74) is 5.80. The summed E-state index contributed by atoms with van der Waals surface area (Å²) in [4.78, 5) is 12.1. The molecule has 0 spiro atoms. The zero-order chi connectivity index (χ0) is 15.6. The number of halogens is 1. The molecule has 7 heteroatoms. The molecule has 21 heavy (non-hydrogen) atoms. The maximum atomic E-state index is 13.7. The van der Waals surface area contributed by atoms with Crippen LogP contribution in [0, 0.1) is 11.7 Å². The lowest BCUT2D eigenvalue weighted by Gasteiger charge is -2.27. The summed E-state index contributed by atoms with van der Waals surface area (Å²) in [5.74, 6) is -1.38. The van der Waals surface area contributed by atoms with Crippen LogP contribution in [0.4, 0.5) is 10.1 Å². The highest BCUT2D eigenvalue weighted by atomic mass is 32.2. The first-order valence-electron chi connectivity index (χ1n) is 6.85. The van der Waals surface area contributed by atoms with Gasteiger partial charge in [0.25, 0.3) is 0 Å². The van der Waals surface area contributed by atoms with E-state index in [1.165, 1.54) is 6.07 Å². The fraction of sp³-hybridized carbons (Fsp3) is 0.500. The Bertz CT molecular complexity index is 646. The lowest BCUT2D eigenvalue weighted by Crippen LogP contribution is -2.40. The Balaban J connectivity index is 2.20. The highest BCUT2D eigenvalue weighted by molar-refractivity contribution is 7.90. The SMILES string of the molecule is CS(=O)(=O)c1ccc(F)c(NC(=O)C2CCCCC2N)c1. The molecule has 3 N–H and O–H groups in total. The van der Waals surface area contributed by atoms with Gasteiger partial charge in [0, 0.05) is 12.3 Å². The van der Waals surface area contributed by atoms with Gasteiger partial charge in [0.15, 0.2) is 9.84 Å². The third kappa shape index (κ3) is 3.79. The summed E-state index contributed by atoms with van der Waals surface area (Å²) >= 11 is 0. The van der Waals surface area contributed by atoms with Crippen molar-refractivity contribution in [1.82, 2.24) is 0 Å². The predicted octanol–water partition coefficient (Wildman–Crippen LogP) is 1.69. The smallest absolute Gasteiger partial charge is 0.229 e. The highest BCUT2D eigenvalue weighted by Crippen LogP contribution is 2.26. The van der Waals surface area contributed by atoms with Crippen molar-refractivity contribution in [3.05, 3.63) is 24.0 Å². The van der Waals surface area contributed by atoms with Crippen molar-refractivity contribution >= 4 is 21.4 Å². The number of nitrogens with two attached hydrogens (primary N) is 1. The molecule has 1 fully saturated rings. The summed E-state index contributed by atoms with van der Waals surface area (Å²) in [6.45, 7) is 0. The van der Waals surface area contributed by atoms with Crippen LogP contribution in [0.15, 0.2) is 23.1 Å². The van der Waals surface area contributed by atoms with E-state index in [9.17, 15) is 17.6 Å². The van der Waals surface area contributed by atoms with Crippen molar-refractivity contribution in [1.29, 1.82) is 0 Å². The number of amides is 1. The summed E-state index contributed by atoms with van der Waals surface area (Å²) in [6.07, 6.45) is 4.37. The Morgan fingerprint density at radius 2 is 2.00 bits per heavy atom. The minimum absolute atomic E-state index is 0.0351. The van der Waals surface area contributed by atoms with E-state index in [1.54, 1.807) is 0 Å². The second-order valence-electron chi connectivity index (χ2n) is 5.46. The van der Waals surface area contributed by atoms with E-state index in [0.29, 0.717) is 6.42 Å². The highest BCUT2D eigenvalue weighted by Gasteiger charge is 2.28. The summed E-state index contributed by atoms with van der Waals surface area (Å²) in [5, 5.41) is 2.46. The monoisotopic (exact) mass is 314 g/mol. The average Bonchev–Trinajstić information content (AvgIpc) is 2.40. The van der Waals surface area contributed by atoms with E-state index in [0.717, 1.165) is 37.7 Å². The molecule has 5 nitrogen and oxygen atoms in total. The van der Waals surface area contributed by atoms with Crippen LogP contribution >= 0.6 is 0 Å². The standard InChI is InChI=1S/C14H19FN2O3S/c1-21(19,20)9-6-7-11(15)13(8-9)17-14(18)10-4-2-3-5-12(10)16/h6-8,10,12H,2-5,16H2,1H3,(H,17,18). The predicted molar refractivity (Wildman–Crippen MR) is 78.1 cm³/mol. The van der Waals surface area contributed by atoms with Gasteiger partial charge in [0.2, 0.25) is 5.91 Å². The number of carbonyl (C=O) groups excluding carboxylic acids is 1. The topological polar surface area (TPSA) is 89.3 Å². The van der Waals surface area contributed by atoms with E-state index >= 15 is 0 Å². The molecule has 2 unspecified atom stereocenters. The maximum Gasteiger partial charge on any atom is 0.229 e. The van der Waals surface area contributed by atoms with Crippen molar-refractivity contribution in [2.24, 2.45) is 11.7 Å². The number of carbonyl (C=O) groups is 1. The number of hydrogen-bond acceptors (Lipinski definition) is 4. The first-order chi connectivity index (χ1) is 9.79. The van der Waals surface area contributed by atoms with Gasteiger partial charge in [-0.1, -0.05) is 12.8 Å². The number of rotatable bonds is 3. The molecule has 2 atom stereocenters. The number of benzene rings is 1. The first-order valence-corrected chi connectivity index (χ1v) is 8.74. The molecule has 1 amide bonds. The fourth-order valence-corrected chi connectivity index (χ4v) is 3.19. The molecule has 1 aliphatic carbocycles. The van der Waals surface area contributed by atoms with Crippen LogP contribution in [0.25, 0.3) is 0 Å². The van der Waals surface area contributed by atoms with Crippen molar-refractivity contribution in [2.75, 3.05) is 11.6 Å². The minimum atomic E-state index is -3.46. The van der Waals surface area contributed by atoms with Crippen molar-refractivity contribution in [3.63, 3.8) is 0 Å². The van der Waals surface area contributed by atoms with Crippen LogP contribution in [0.3, 0.4) is 0 Å². The third-order valence-corrected chi connectivity index (χ3v) is 4.89. The summed E-state index contributed by atoms with van der Waals surface area (Å²) in [6, 6.07) is 3.11. The van der Waals surface area contributed by atoms with E-state index in [-0.39, 0.29) is 28.4 Å². The molecule has 1 aromatic rings. The molecule has 0 bridgehead atoms. The van der Waals surface area contributed by atoms with Gasteiger partial charge in [0.1, 0.15) is 5.82 Å². The van der Waals surface area contributed by atoms with Gasteiger partial charge in [0.05, 0.1) is 16.5 Å². The van der Waals surface area contributed by atoms with Gasteiger partial charge in [-0.25, -0.2) is 12.8 Å². The minimum Gasteiger partial charge on any atom is -0.327 e. The maximum absolute atomic E-state index is 13.7. The molecule has 1 aromatic carbocycles. The van der Waals surface area contributed by atoms with Gasteiger partial charge < -0.3 is 11.1 Å². The van der Waals surface area contributed by atoms with Gasteiger partial charge in [-0.3, -0.25) is 4.79 Å². The Morgan fingerprint density at radius 3 is 2.62 bits per heavy atom. The van der Waals surface area contributed by atoms with Gasteiger partial charge >= 0.3 is 0 Å². The second kappa shape index (κ2) is 6.11.